The minimum Gasteiger partial charge on any atom is -0.454 e. The minimum absolute atomic E-state index is 0.0529. The summed E-state index contributed by atoms with van der Waals surface area (Å²) in [6.07, 6.45) is 1.24. The van der Waals surface area contributed by atoms with Crippen LogP contribution in [0.25, 0.3) is 0 Å². The van der Waals surface area contributed by atoms with Crippen LogP contribution in [0.2, 0.25) is 0 Å². The van der Waals surface area contributed by atoms with Crippen molar-refractivity contribution in [2.45, 2.75) is 18.9 Å². The zero-order valence-corrected chi connectivity index (χ0v) is 12.5. The monoisotopic (exact) mass is 313 g/mol. The molecule has 1 atom stereocenters. The lowest BCUT2D eigenvalue weighted by molar-refractivity contribution is -0.138. The van der Waals surface area contributed by atoms with Crippen molar-refractivity contribution in [3.8, 4) is 11.5 Å². The van der Waals surface area contributed by atoms with Gasteiger partial charge in [-0.2, -0.15) is 0 Å². The van der Waals surface area contributed by atoms with Crippen LogP contribution in [-0.2, 0) is 11.2 Å². The van der Waals surface area contributed by atoms with Crippen molar-refractivity contribution in [1.29, 1.82) is 0 Å². The average Bonchev–Trinajstić information content (AvgIpc) is 2.96. The van der Waals surface area contributed by atoms with Crippen LogP contribution >= 0.6 is 0 Å². The molecule has 2 aliphatic rings. The van der Waals surface area contributed by atoms with Gasteiger partial charge in [-0.05, 0) is 41.8 Å². The summed E-state index contributed by atoms with van der Waals surface area (Å²) in [5.41, 5.74) is 1.89. The maximum absolute atomic E-state index is 13.0. The Bertz CT molecular complexity index is 744. The van der Waals surface area contributed by atoms with Crippen LogP contribution in [0.5, 0.6) is 11.5 Å². The van der Waals surface area contributed by atoms with Crippen molar-refractivity contribution in [3.05, 3.63) is 59.4 Å². The zero-order valence-electron chi connectivity index (χ0n) is 12.5. The van der Waals surface area contributed by atoms with Crippen LogP contribution in [-0.4, -0.2) is 24.1 Å². The van der Waals surface area contributed by atoms with Gasteiger partial charge in [0, 0.05) is 6.54 Å². The summed E-state index contributed by atoms with van der Waals surface area (Å²) in [4.78, 5) is 14.4. The van der Waals surface area contributed by atoms with Gasteiger partial charge >= 0.3 is 0 Å². The number of amides is 1. The number of benzene rings is 2. The molecule has 0 radical (unpaired) electrons. The molecular weight excluding hydrogens is 297 g/mol. The van der Waals surface area contributed by atoms with Crippen molar-refractivity contribution in [1.82, 2.24) is 4.90 Å². The van der Waals surface area contributed by atoms with E-state index in [2.05, 4.69) is 0 Å². The second-order valence-corrected chi connectivity index (χ2v) is 5.81. The fraction of sp³-hybridized carbons (Fsp3) is 0.278. The third-order valence-corrected chi connectivity index (χ3v) is 4.39. The van der Waals surface area contributed by atoms with E-state index in [1.165, 1.54) is 12.1 Å². The SMILES string of the molecule is O=C(Cc1ccc2c(c1)OCO2)N1CCC1c1ccc(F)cc1. The standard InChI is InChI=1S/C18H16FNO3/c19-14-4-2-13(3-5-14)15-7-8-20(15)18(21)10-12-1-6-16-17(9-12)23-11-22-16/h1-6,9,15H,7-8,10-11H2. The first-order valence-electron chi connectivity index (χ1n) is 7.64. The molecule has 1 amide bonds. The molecule has 2 aromatic rings. The Morgan fingerprint density at radius 1 is 1.13 bits per heavy atom. The molecule has 0 saturated carbocycles. The predicted octanol–water partition coefficient (Wildman–Crippen LogP) is 3.07. The molecule has 2 heterocycles. The number of nitrogens with zero attached hydrogens (tertiary/aromatic N) is 1. The van der Waals surface area contributed by atoms with Crippen molar-refractivity contribution in [2.75, 3.05) is 13.3 Å². The Morgan fingerprint density at radius 3 is 2.65 bits per heavy atom. The van der Waals surface area contributed by atoms with Gasteiger partial charge in [-0.3, -0.25) is 4.79 Å². The lowest BCUT2D eigenvalue weighted by Crippen LogP contribution is -2.45. The van der Waals surface area contributed by atoms with Gasteiger partial charge in [0.05, 0.1) is 12.5 Å². The Balaban J connectivity index is 1.46. The number of halogens is 1. The van der Waals surface area contributed by atoms with Gasteiger partial charge in [-0.1, -0.05) is 18.2 Å². The summed E-state index contributed by atoms with van der Waals surface area (Å²) in [5.74, 6) is 1.22. The molecule has 0 N–H and O–H groups in total. The number of hydrogen-bond acceptors (Lipinski definition) is 3. The van der Waals surface area contributed by atoms with Crippen LogP contribution in [0.15, 0.2) is 42.5 Å². The number of fused-ring (bicyclic) bond motifs is 1. The lowest BCUT2D eigenvalue weighted by Gasteiger charge is -2.41. The third kappa shape index (κ3) is 2.63. The predicted molar refractivity (Wildman–Crippen MR) is 81.7 cm³/mol. The first-order chi connectivity index (χ1) is 11.2. The van der Waals surface area contributed by atoms with E-state index in [1.807, 2.05) is 23.1 Å². The Morgan fingerprint density at radius 2 is 1.91 bits per heavy atom. The lowest BCUT2D eigenvalue weighted by atomic mass is 9.93. The van der Waals surface area contributed by atoms with Gasteiger partial charge in [0.2, 0.25) is 12.7 Å². The largest absolute Gasteiger partial charge is 0.454 e. The van der Waals surface area contributed by atoms with E-state index in [4.69, 9.17) is 9.47 Å². The fourth-order valence-corrected chi connectivity index (χ4v) is 3.04. The normalized spacial score (nSPS) is 18.7. The number of ether oxygens (including phenoxy) is 2. The van der Waals surface area contributed by atoms with E-state index in [-0.39, 0.29) is 24.6 Å². The van der Waals surface area contributed by atoms with Crippen LogP contribution in [0, 0.1) is 5.82 Å². The summed E-state index contributed by atoms with van der Waals surface area (Å²) >= 11 is 0. The second kappa shape index (κ2) is 5.57. The average molecular weight is 313 g/mol. The van der Waals surface area contributed by atoms with Crippen LogP contribution < -0.4 is 9.47 Å². The number of rotatable bonds is 3. The molecule has 4 nitrogen and oxygen atoms in total. The van der Waals surface area contributed by atoms with Gasteiger partial charge in [0.15, 0.2) is 11.5 Å². The van der Waals surface area contributed by atoms with Crippen molar-refractivity contribution in [3.63, 3.8) is 0 Å². The van der Waals surface area contributed by atoms with Crippen LogP contribution in [0.3, 0.4) is 0 Å². The van der Waals surface area contributed by atoms with Crippen molar-refractivity contribution in [2.24, 2.45) is 0 Å². The smallest absolute Gasteiger partial charge is 0.231 e. The fourth-order valence-electron chi connectivity index (χ4n) is 3.04. The molecule has 118 valence electrons. The number of carbonyl (C=O) groups excluding carboxylic acids is 1. The number of likely N-dealkylation sites (tertiary alicyclic amines) is 1. The minimum atomic E-state index is -0.258. The Labute approximate surface area is 133 Å². The topological polar surface area (TPSA) is 38.8 Å². The second-order valence-electron chi connectivity index (χ2n) is 5.81. The van der Waals surface area contributed by atoms with E-state index >= 15 is 0 Å². The maximum atomic E-state index is 13.0. The molecule has 1 unspecified atom stereocenters. The highest BCUT2D eigenvalue weighted by molar-refractivity contribution is 5.80. The van der Waals surface area contributed by atoms with Gasteiger partial charge in [-0.15, -0.1) is 0 Å². The van der Waals surface area contributed by atoms with Gasteiger partial charge in [0.1, 0.15) is 5.82 Å². The van der Waals surface area contributed by atoms with Gasteiger partial charge in [-0.25, -0.2) is 4.39 Å². The first kappa shape index (κ1) is 14.1. The van der Waals surface area contributed by atoms with Crippen LogP contribution in [0.1, 0.15) is 23.6 Å². The van der Waals surface area contributed by atoms with Crippen molar-refractivity contribution >= 4 is 5.91 Å². The van der Waals surface area contributed by atoms with Gasteiger partial charge < -0.3 is 14.4 Å². The number of carbonyl (C=O) groups is 1. The summed E-state index contributed by atoms with van der Waals surface area (Å²) in [6, 6.07) is 12.0. The molecule has 4 rings (SSSR count). The molecule has 1 fully saturated rings. The highest BCUT2D eigenvalue weighted by Gasteiger charge is 2.33. The molecule has 0 bridgehead atoms. The quantitative estimate of drug-likeness (QED) is 0.874. The van der Waals surface area contributed by atoms with Crippen molar-refractivity contribution < 1.29 is 18.7 Å². The first-order valence-corrected chi connectivity index (χ1v) is 7.64. The molecule has 0 spiro atoms. The molecule has 0 aromatic heterocycles. The summed E-state index contributed by atoms with van der Waals surface area (Å²) in [5, 5.41) is 0. The molecule has 1 saturated heterocycles. The summed E-state index contributed by atoms with van der Waals surface area (Å²) < 4.78 is 23.6. The van der Waals surface area contributed by atoms with Gasteiger partial charge in [0.25, 0.3) is 0 Å². The summed E-state index contributed by atoms with van der Waals surface area (Å²) in [7, 11) is 0. The molecular formula is C18H16FNO3. The molecule has 2 aromatic carbocycles. The highest BCUT2D eigenvalue weighted by Crippen LogP contribution is 2.35. The summed E-state index contributed by atoms with van der Waals surface area (Å²) in [6.45, 7) is 0.969. The molecule has 23 heavy (non-hydrogen) atoms. The zero-order chi connectivity index (χ0) is 15.8. The molecule has 0 aliphatic carbocycles. The van der Waals surface area contributed by atoms with E-state index in [9.17, 15) is 9.18 Å². The van der Waals surface area contributed by atoms with Crippen LogP contribution in [0.4, 0.5) is 4.39 Å². The van der Waals surface area contributed by atoms with E-state index in [1.54, 1.807) is 12.1 Å². The maximum Gasteiger partial charge on any atom is 0.231 e. The Hall–Kier alpha value is -2.56. The molecule has 2 aliphatic heterocycles. The highest BCUT2D eigenvalue weighted by atomic mass is 19.1. The Kier molecular flexibility index (Phi) is 3.41. The third-order valence-electron chi connectivity index (χ3n) is 4.39. The number of hydrogen-bond donors (Lipinski definition) is 0. The van der Waals surface area contributed by atoms with E-state index in [0.29, 0.717) is 17.9 Å². The van der Waals surface area contributed by atoms with E-state index in [0.717, 1.165) is 24.1 Å². The molecule has 5 heteroatoms. The van der Waals surface area contributed by atoms with E-state index < -0.39 is 0 Å².